The molecule has 1 saturated heterocycles. The number of aliphatic hydroxyl groups excluding tert-OH is 1. The molecule has 2 unspecified atom stereocenters. The Bertz CT molecular complexity index is 431. The molecular formula is C14H25N3O2. The molecule has 0 saturated carbocycles. The number of aliphatic hydroxyl groups is 1. The molecule has 0 bridgehead atoms. The summed E-state index contributed by atoms with van der Waals surface area (Å²) in [7, 11) is 0. The summed E-state index contributed by atoms with van der Waals surface area (Å²) in [5.74, 6) is 0. The summed E-state index contributed by atoms with van der Waals surface area (Å²) in [5.41, 5.74) is 3.52. The second-order valence-corrected chi connectivity index (χ2v) is 5.52. The van der Waals surface area contributed by atoms with E-state index in [1.54, 1.807) is 0 Å². The normalized spacial score (nSPS) is 24.9. The predicted molar refractivity (Wildman–Crippen MR) is 74.1 cm³/mol. The van der Waals surface area contributed by atoms with E-state index >= 15 is 0 Å². The number of ether oxygens (including phenoxy) is 1. The van der Waals surface area contributed by atoms with Crippen LogP contribution < -0.4 is 0 Å². The largest absolute Gasteiger partial charge is 0.394 e. The number of rotatable bonds is 4. The van der Waals surface area contributed by atoms with Crippen LogP contribution in [0, 0.1) is 13.8 Å². The molecule has 1 N–H and O–H groups in total. The summed E-state index contributed by atoms with van der Waals surface area (Å²) in [6.07, 6.45) is 0.296. The van der Waals surface area contributed by atoms with E-state index < -0.39 is 0 Å². The van der Waals surface area contributed by atoms with Gasteiger partial charge >= 0.3 is 0 Å². The Hall–Kier alpha value is -0.910. The summed E-state index contributed by atoms with van der Waals surface area (Å²) in [6, 6.07) is 0.441. The maximum absolute atomic E-state index is 9.05. The highest BCUT2D eigenvalue weighted by Gasteiger charge is 2.25. The Morgan fingerprint density at radius 3 is 2.79 bits per heavy atom. The summed E-state index contributed by atoms with van der Waals surface area (Å²) >= 11 is 0. The van der Waals surface area contributed by atoms with Gasteiger partial charge in [0.15, 0.2) is 0 Å². The van der Waals surface area contributed by atoms with Gasteiger partial charge in [-0.15, -0.1) is 0 Å². The number of morpholine rings is 1. The van der Waals surface area contributed by atoms with Crippen LogP contribution in [0.1, 0.15) is 30.8 Å². The molecule has 1 fully saturated rings. The van der Waals surface area contributed by atoms with Crippen molar-refractivity contribution >= 4 is 0 Å². The van der Waals surface area contributed by atoms with E-state index in [0.29, 0.717) is 18.7 Å². The fourth-order valence-corrected chi connectivity index (χ4v) is 2.67. The Balaban J connectivity index is 2.13. The Morgan fingerprint density at radius 1 is 1.37 bits per heavy atom. The van der Waals surface area contributed by atoms with E-state index in [1.807, 2.05) is 11.6 Å². The lowest BCUT2D eigenvalue weighted by atomic mass is 10.1. The van der Waals surface area contributed by atoms with Crippen molar-refractivity contribution in [3.8, 4) is 0 Å². The lowest BCUT2D eigenvalue weighted by Gasteiger charge is -2.36. The molecule has 2 heterocycles. The number of aromatic nitrogens is 2. The molecule has 1 aromatic rings. The number of aryl methyl sites for hydroxylation is 1. The zero-order chi connectivity index (χ0) is 14.0. The van der Waals surface area contributed by atoms with Gasteiger partial charge in [-0.1, -0.05) is 0 Å². The molecule has 2 atom stereocenters. The Labute approximate surface area is 115 Å². The van der Waals surface area contributed by atoms with Gasteiger partial charge in [0.2, 0.25) is 0 Å². The SMILES string of the molecule is Cc1nn(CCO)c(C)c1CN1CC(C)OCC1C. The molecule has 1 aliphatic rings. The van der Waals surface area contributed by atoms with Gasteiger partial charge in [0.25, 0.3) is 0 Å². The van der Waals surface area contributed by atoms with Crippen LogP contribution >= 0.6 is 0 Å². The average molecular weight is 267 g/mol. The maximum Gasteiger partial charge on any atom is 0.0674 e. The molecule has 108 valence electrons. The minimum absolute atomic E-state index is 0.131. The lowest BCUT2D eigenvalue weighted by Crippen LogP contribution is -2.46. The summed E-state index contributed by atoms with van der Waals surface area (Å²) in [4.78, 5) is 2.45. The van der Waals surface area contributed by atoms with Gasteiger partial charge < -0.3 is 9.84 Å². The van der Waals surface area contributed by atoms with Crippen molar-refractivity contribution in [2.45, 2.75) is 52.9 Å². The van der Waals surface area contributed by atoms with E-state index in [-0.39, 0.29) is 6.61 Å². The van der Waals surface area contributed by atoms with Crippen LogP contribution in [0.2, 0.25) is 0 Å². The van der Waals surface area contributed by atoms with Crippen molar-refractivity contribution in [2.24, 2.45) is 0 Å². The third-order valence-electron chi connectivity index (χ3n) is 3.94. The molecule has 0 amide bonds. The third-order valence-corrected chi connectivity index (χ3v) is 3.94. The standard InChI is InChI=1S/C14H25N3O2/c1-10-9-19-11(2)7-16(10)8-14-12(3)15-17(5-6-18)13(14)4/h10-11,18H,5-9H2,1-4H3. The van der Waals surface area contributed by atoms with Gasteiger partial charge in [-0.25, -0.2) is 0 Å². The topological polar surface area (TPSA) is 50.5 Å². The van der Waals surface area contributed by atoms with Crippen LogP contribution in [-0.4, -0.2) is 51.7 Å². The molecule has 5 nitrogen and oxygen atoms in total. The van der Waals surface area contributed by atoms with E-state index in [2.05, 4.69) is 30.8 Å². The fraction of sp³-hybridized carbons (Fsp3) is 0.786. The third kappa shape index (κ3) is 3.16. The van der Waals surface area contributed by atoms with Crippen LogP contribution in [0.3, 0.4) is 0 Å². The van der Waals surface area contributed by atoms with Gasteiger partial charge in [-0.3, -0.25) is 9.58 Å². The van der Waals surface area contributed by atoms with Crippen LogP contribution in [0.15, 0.2) is 0 Å². The van der Waals surface area contributed by atoms with E-state index in [9.17, 15) is 0 Å². The highest BCUT2D eigenvalue weighted by molar-refractivity contribution is 5.24. The molecule has 0 spiro atoms. The van der Waals surface area contributed by atoms with Crippen LogP contribution in [0.25, 0.3) is 0 Å². The van der Waals surface area contributed by atoms with E-state index in [4.69, 9.17) is 9.84 Å². The van der Waals surface area contributed by atoms with Crippen LogP contribution in [0.5, 0.6) is 0 Å². The second kappa shape index (κ2) is 6.03. The summed E-state index contributed by atoms with van der Waals surface area (Å²) < 4.78 is 7.57. The second-order valence-electron chi connectivity index (χ2n) is 5.52. The first-order valence-corrected chi connectivity index (χ1v) is 7.02. The van der Waals surface area contributed by atoms with Crippen molar-refractivity contribution < 1.29 is 9.84 Å². The zero-order valence-electron chi connectivity index (χ0n) is 12.4. The van der Waals surface area contributed by atoms with Gasteiger partial charge in [0.05, 0.1) is 31.6 Å². The fourth-order valence-electron chi connectivity index (χ4n) is 2.67. The molecule has 5 heteroatoms. The van der Waals surface area contributed by atoms with Crippen molar-refractivity contribution in [1.29, 1.82) is 0 Å². The molecular weight excluding hydrogens is 242 g/mol. The summed E-state index contributed by atoms with van der Waals surface area (Å²) in [6.45, 7) is 11.8. The van der Waals surface area contributed by atoms with Crippen molar-refractivity contribution in [3.05, 3.63) is 17.0 Å². The first-order valence-electron chi connectivity index (χ1n) is 7.02. The average Bonchev–Trinajstić information content (AvgIpc) is 2.62. The number of hydrogen-bond acceptors (Lipinski definition) is 4. The van der Waals surface area contributed by atoms with E-state index in [0.717, 1.165) is 31.1 Å². The Kier molecular flexibility index (Phi) is 4.60. The molecule has 1 aliphatic heterocycles. The van der Waals surface area contributed by atoms with Crippen LogP contribution in [0.4, 0.5) is 0 Å². The monoisotopic (exact) mass is 267 g/mol. The van der Waals surface area contributed by atoms with Gasteiger partial charge in [-0.05, 0) is 27.7 Å². The smallest absolute Gasteiger partial charge is 0.0674 e. The number of nitrogens with zero attached hydrogens (tertiary/aromatic N) is 3. The molecule has 19 heavy (non-hydrogen) atoms. The van der Waals surface area contributed by atoms with Gasteiger partial charge in [0.1, 0.15) is 0 Å². The van der Waals surface area contributed by atoms with Gasteiger partial charge in [0, 0.05) is 30.4 Å². The predicted octanol–water partition coefficient (Wildman–Crippen LogP) is 1.10. The van der Waals surface area contributed by atoms with Crippen LogP contribution in [-0.2, 0) is 17.8 Å². The molecule has 1 aromatic heterocycles. The molecule has 0 aliphatic carbocycles. The highest BCUT2D eigenvalue weighted by Crippen LogP contribution is 2.20. The van der Waals surface area contributed by atoms with E-state index in [1.165, 1.54) is 5.56 Å². The van der Waals surface area contributed by atoms with Crippen molar-refractivity contribution in [2.75, 3.05) is 19.8 Å². The lowest BCUT2D eigenvalue weighted by molar-refractivity contribution is -0.0527. The Morgan fingerprint density at radius 2 is 2.11 bits per heavy atom. The minimum atomic E-state index is 0.131. The highest BCUT2D eigenvalue weighted by atomic mass is 16.5. The molecule has 0 aromatic carbocycles. The number of hydrogen-bond donors (Lipinski definition) is 1. The first kappa shape index (κ1) is 14.5. The van der Waals surface area contributed by atoms with Crippen molar-refractivity contribution in [3.63, 3.8) is 0 Å². The first-order chi connectivity index (χ1) is 9.02. The summed E-state index contributed by atoms with van der Waals surface area (Å²) in [5, 5.41) is 13.6. The minimum Gasteiger partial charge on any atom is -0.394 e. The zero-order valence-corrected chi connectivity index (χ0v) is 12.4. The maximum atomic E-state index is 9.05. The van der Waals surface area contributed by atoms with Gasteiger partial charge in [-0.2, -0.15) is 5.10 Å². The van der Waals surface area contributed by atoms with Crippen molar-refractivity contribution in [1.82, 2.24) is 14.7 Å². The molecule has 0 radical (unpaired) electrons. The molecule has 2 rings (SSSR count). The quantitative estimate of drug-likeness (QED) is 0.887.